The number of ketones is 1. The number of piperidine rings is 1. The van der Waals surface area contributed by atoms with Gasteiger partial charge in [0.15, 0.2) is 5.78 Å². The Morgan fingerprint density at radius 2 is 1.90 bits per heavy atom. The van der Waals surface area contributed by atoms with Gasteiger partial charge in [-0.2, -0.15) is 0 Å². The maximum absolute atomic E-state index is 11.8. The molecule has 110 valence electrons. The Bertz CT molecular complexity index is 613. The Balaban J connectivity index is 1.88. The molecule has 1 fully saturated rings. The molecule has 1 aliphatic heterocycles. The minimum absolute atomic E-state index is 0.0343. The van der Waals surface area contributed by atoms with Crippen LogP contribution < -0.4 is 0 Å². The summed E-state index contributed by atoms with van der Waals surface area (Å²) in [5.41, 5.74) is 1.38. The maximum Gasteiger partial charge on any atom is 0.227 e. The molecule has 2 heterocycles. The first-order valence-electron chi connectivity index (χ1n) is 7.52. The molecule has 0 unspecified atom stereocenters. The van der Waals surface area contributed by atoms with Gasteiger partial charge < -0.3 is 4.42 Å². The molecule has 21 heavy (non-hydrogen) atoms. The highest BCUT2D eigenvalue weighted by Gasteiger charge is 2.21. The van der Waals surface area contributed by atoms with Crippen LogP contribution in [0.15, 0.2) is 34.7 Å². The standard InChI is InChI=1S/C17H20N2O2/c1-13(20)16-15(12-19-10-6-3-7-11-19)21-17(18-16)14-8-4-2-5-9-14/h2,4-5,8-9H,3,6-7,10-12H2,1H3. The quantitative estimate of drug-likeness (QED) is 0.806. The van der Waals surface area contributed by atoms with Crippen LogP contribution >= 0.6 is 0 Å². The number of hydrogen-bond donors (Lipinski definition) is 0. The molecule has 0 bridgehead atoms. The van der Waals surface area contributed by atoms with Gasteiger partial charge in [-0.15, -0.1) is 0 Å². The molecule has 0 N–H and O–H groups in total. The van der Waals surface area contributed by atoms with Crippen molar-refractivity contribution in [1.82, 2.24) is 9.88 Å². The predicted molar refractivity (Wildman–Crippen MR) is 81.1 cm³/mol. The fraction of sp³-hybridized carbons (Fsp3) is 0.412. The van der Waals surface area contributed by atoms with Crippen molar-refractivity contribution in [3.63, 3.8) is 0 Å². The van der Waals surface area contributed by atoms with Crippen molar-refractivity contribution in [2.75, 3.05) is 13.1 Å². The summed E-state index contributed by atoms with van der Waals surface area (Å²) < 4.78 is 5.89. The highest BCUT2D eigenvalue weighted by molar-refractivity contribution is 5.93. The van der Waals surface area contributed by atoms with Gasteiger partial charge in [0.25, 0.3) is 0 Å². The summed E-state index contributed by atoms with van der Waals surface area (Å²) in [5, 5.41) is 0. The van der Waals surface area contributed by atoms with Crippen molar-refractivity contribution in [1.29, 1.82) is 0 Å². The second kappa shape index (κ2) is 6.22. The van der Waals surface area contributed by atoms with E-state index in [9.17, 15) is 4.79 Å². The van der Waals surface area contributed by atoms with Crippen molar-refractivity contribution >= 4 is 5.78 Å². The number of benzene rings is 1. The third-order valence-corrected chi connectivity index (χ3v) is 3.87. The SMILES string of the molecule is CC(=O)c1nc(-c2ccccc2)oc1CN1CCCCC1. The molecule has 0 spiro atoms. The van der Waals surface area contributed by atoms with Crippen LogP contribution in [-0.4, -0.2) is 28.8 Å². The van der Waals surface area contributed by atoms with Gasteiger partial charge in [0, 0.05) is 12.5 Å². The van der Waals surface area contributed by atoms with Crippen LogP contribution in [0.2, 0.25) is 0 Å². The van der Waals surface area contributed by atoms with E-state index in [1.807, 2.05) is 30.3 Å². The van der Waals surface area contributed by atoms with Crippen LogP contribution in [0.3, 0.4) is 0 Å². The van der Waals surface area contributed by atoms with Gasteiger partial charge in [-0.25, -0.2) is 4.98 Å². The third-order valence-electron chi connectivity index (χ3n) is 3.87. The molecule has 4 heteroatoms. The Labute approximate surface area is 124 Å². The topological polar surface area (TPSA) is 46.3 Å². The lowest BCUT2D eigenvalue weighted by Gasteiger charge is -2.25. The van der Waals surface area contributed by atoms with E-state index in [1.165, 1.54) is 19.3 Å². The lowest BCUT2D eigenvalue weighted by Crippen LogP contribution is -2.29. The average molecular weight is 284 g/mol. The van der Waals surface area contributed by atoms with E-state index in [2.05, 4.69) is 9.88 Å². The highest BCUT2D eigenvalue weighted by atomic mass is 16.4. The normalized spacial score (nSPS) is 16.0. The minimum atomic E-state index is -0.0343. The zero-order valence-electron chi connectivity index (χ0n) is 12.3. The molecular formula is C17H20N2O2. The second-order valence-corrected chi connectivity index (χ2v) is 5.55. The van der Waals surface area contributed by atoms with Gasteiger partial charge in [0.2, 0.25) is 5.89 Å². The number of carbonyl (C=O) groups excluding carboxylic acids is 1. The zero-order chi connectivity index (χ0) is 14.7. The van der Waals surface area contributed by atoms with Gasteiger partial charge in [0.05, 0.1) is 6.54 Å². The fourth-order valence-corrected chi connectivity index (χ4v) is 2.76. The monoisotopic (exact) mass is 284 g/mol. The van der Waals surface area contributed by atoms with E-state index < -0.39 is 0 Å². The lowest BCUT2D eigenvalue weighted by molar-refractivity contribution is 0.100. The van der Waals surface area contributed by atoms with Crippen LogP contribution in [0.1, 0.15) is 42.4 Å². The largest absolute Gasteiger partial charge is 0.439 e. The smallest absolute Gasteiger partial charge is 0.227 e. The van der Waals surface area contributed by atoms with E-state index in [0.29, 0.717) is 23.9 Å². The van der Waals surface area contributed by atoms with Gasteiger partial charge in [0.1, 0.15) is 11.5 Å². The van der Waals surface area contributed by atoms with E-state index >= 15 is 0 Å². The molecule has 1 aromatic carbocycles. The Hall–Kier alpha value is -1.94. The van der Waals surface area contributed by atoms with Crippen molar-refractivity contribution in [3.05, 3.63) is 41.8 Å². The van der Waals surface area contributed by atoms with Gasteiger partial charge in [-0.1, -0.05) is 24.6 Å². The molecule has 1 saturated heterocycles. The molecule has 0 saturated carbocycles. The van der Waals surface area contributed by atoms with Gasteiger partial charge >= 0.3 is 0 Å². The molecule has 0 atom stereocenters. The molecule has 0 amide bonds. The minimum Gasteiger partial charge on any atom is -0.439 e. The van der Waals surface area contributed by atoms with Crippen LogP contribution in [0.4, 0.5) is 0 Å². The lowest BCUT2D eigenvalue weighted by atomic mass is 10.1. The average Bonchev–Trinajstić information content (AvgIpc) is 2.93. The first kappa shape index (κ1) is 14.0. The van der Waals surface area contributed by atoms with Crippen LogP contribution in [0.25, 0.3) is 11.5 Å². The number of hydrogen-bond acceptors (Lipinski definition) is 4. The third kappa shape index (κ3) is 3.22. The number of aromatic nitrogens is 1. The molecule has 2 aromatic rings. The molecule has 3 rings (SSSR count). The van der Waals surface area contributed by atoms with E-state index in [0.717, 1.165) is 18.7 Å². The molecule has 0 aliphatic carbocycles. The number of Topliss-reactive ketones (excluding diaryl/α,β-unsaturated/α-hetero) is 1. The number of carbonyl (C=O) groups is 1. The number of oxazole rings is 1. The van der Waals surface area contributed by atoms with E-state index in [4.69, 9.17) is 4.42 Å². The summed E-state index contributed by atoms with van der Waals surface area (Å²) in [6.07, 6.45) is 3.73. The summed E-state index contributed by atoms with van der Waals surface area (Å²) in [7, 11) is 0. The number of rotatable bonds is 4. The van der Waals surface area contributed by atoms with Crippen LogP contribution in [0.5, 0.6) is 0 Å². The highest BCUT2D eigenvalue weighted by Crippen LogP contribution is 2.24. The molecule has 4 nitrogen and oxygen atoms in total. The Morgan fingerprint density at radius 1 is 1.19 bits per heavy atom. The first-order chi connectivity index (χ1) is 10.2. The predicted octanol–water partition coefficient (Wildman–Crippen LogP) is 3.53. The molecule has 0 radical (unpaired) electrons. The summed E-state index contributed by atoms with van der Waals surface area (Å²) in [5.74, 6) is 1.20. The van der Waals surface area contributed by atoms with Crippen molar-refractivity contribution in [2.45, 2.75) is 32.7 Å². The Morgan fingerprint density at radius 3 is 2.57 bits per heavy atom. The van der Waals surface area contributed by atoms with Crippen LogP contribution in [-0.2, 0) is 6.54 Å². The van der Waals surface area contributed by atoms with E-state index in [1.54, 1.807) is 6.92 Å². The van der Waals surface area contributed by atoms with Crippen molar-refractivity contribution < 1.29 is 9.21 Å². The van der Waals surface area contributed by atoms with Crippen LogP contribution in [0, 0.1) is 0 Å². The summed E-state index contributed by atoms with van der Waals surface area (Å²) >= 11 is 0. The molecule has 1 aliphatic rings. The first-order valence-corrected chi connectivity index (χ1v) is 7.52. The summed E-state index contributed by atoms with van der Waals surface area (Å²) in [6.45, 7) is 4.36. The van der Waals surface area contributed by atoms with Gasteiger partial charge in [-0.3, -0.25) is 9.69 Å². The van der Waals surface area contributed by atoms with Gasteiger partial charge in [-0.05, 0) is 38.1 Å². The summed E-state index contributed by atoms with van der Waals surface area (Å²) in [6, 6.07) is 9.72. The maximum atomic E-state index is 11.8. The number of likely N-dealkylation sites (tertiary alicyclic amines) is 1. The molecule has 1 aromatic heterocycles. The second-order valence-electron chi connectivity index (χ2n) is 5.55. The summed E-state index contributed by atoms with van der Waals surface area (Å²) in [4.78, 5) is 18.6. The zero-order valence-corrected chi connectivity index (χ0v) is 12.3. The van der Waals surface area contributed by atoms with E-state index in [-0.39, 0.29) is 5.78 Å². The van der Waals surface area contributed by atoms with Crippen molar-refractivity contribution in [3.8, 4) is 11.5 Å². The van der Waals surface area contributed by atoms with Crippen molar-refractivity contribution in [2.24, 2.45) is 0 Å². The number of nitrogens with zero attached hydrogens (tertiary/aromatic N) is 2. The fourth-order valence-electron chi connectivity index (χ4n) is 2.76. The Kier molecular flexibility index (Phi) is 4.15. The molecular weight excluding hydrogens is 264 g/mol.